The van der Waals surface area contributed by atoms with Crippen LogP contribution in [-0.4, -0.2) is 48.8 Å². The number of nitrogens with one attached hydrogen (secondary N) is 2. The number of hydrogen-bond acceptors (Lipinski definition) is 4. The van der Waals surface area contributed by atoms with Crippen molar-refractivity contribution in [2.24, 2.45) is 11.8 Å². The molecule has 0 saturated carbocycles. The second kappa shape index (κ2) is 7.54. The van der Waals surface area contributed by atoms with E-state index in [0.29, 0.717) is 44.2 Å². The highest BCUT2D eigenvalue weighted by molar-refractivity contribution is 6.01. The van der Waals surface area contributed by atoms with Gasteiger partial charge in [-0.15, -0.1) is 0 Å². The first-order valence-corrected chi connectivity index (χ1v) is 7.88. The molecule has 6 heteroatoms. The molecule has 0 spiro atoms. The van der Waals surface area contributed by atoms with Crippen LogP contribution in [0.4, 0.5) is 0 Å². The third-order valence-electron chi connectivity index (χ3n) is 4.51. The van der Waals surface area contributed by atoms with Gasteiger partial charge in [-0.2, -0.15) is 0 Å². The maximum absolute atomic E-state index is 11.9. The first-order chi connectivity index (χ1) is 10.1. The highest BCUT2D eigenvalue weighted by Crippen LogP contribution is 2.24. The lowest BCUT2D eigenvalue weighted by molar-refractivity contribution is -0.138. The van der Waals surface area contributed by atoms with Crippen LogP contribution in [0.25, 0.3) is 0 Å². The quantitative estimate of drug-likeness (QED) is 0.690. The summed E-state index contributed by atoms with van der Waals surface area (Å²) in [5.41, 5.74) is 0. The first-order valence-electron chi connectivity index (χ1n) is 7.88. The van der Waals surface area contributed by atoms with Gasteiger partial charge >= 0.3 is 0 Å². The molecule has 2 fully saturated rings. The molecule has 1 atom stereocenters. The van der Waals surface area contributed by atoms with Crippen molar-refractivity contribution < 1.29 is 14.4 Å². The highest BCUT2D eigenvalue weighted by Gasteiger charge is 2.28. The Balaban J connectivity index is 1.65. The molecule has 0 aromatic rings. The number of rotatable bonds is 6. The van der Waals surface area contributed by atoms with Gasteiger partial charge in [-0.25, -0.2) is 0 Å². The van der Waals surface area contributed by atoms with E-state index >= 15 is 0 Å². The maximum atomic E-state index is 11.9. The minimum atomic E-state index is -0.127. The number of piperidine rings is 1. The zero-order chi connectivity index (χ0) is 15.2. The third kappa shape index (κ3) is 4.52. The number of nitrogens with zero attached hydrogens (tertiary/aromatic N) is 1. The van der Waals surface area contributed by atoms with Crippen molar-refractivity contribution in [1.29, 1.82) is 0 Å². The fraction of sp³-hybridized carbons (Fsp3) is 0.800. The molecule has 0 radical (unpaired) electrons. The van der Waals surface area contributed by atoms with Crippen LogP contribution < -0.4 is 10.6 Å². The van der Waals surface area contributed by atoms with Crippen molar-refractivity contribution in [2.75, 3.05) is 26.2 Å². The zero-order valence-electron chi connectivity index (χ0n) is 12.7. The van der Waals surface area contributed by atoms with Crippen molar-refractivity contribution in [1.82, 2.24) is 15.5 Å². The number of likely N-dealkylation sites (tertiary alicyclic amines) is 1. The average molecular weight is 295 g/mol. The summed E-state index contributed by atoms with van der Waals surface area (Å²) in [5, 5.41) is 6.15. The van der Waals surface area contributed by atoms with E-state index < -0.39 is 0 Å². The molecule has 1 unspecified atom stereocenters. The molecule has 3 amide bonds. The monoisotopic (exact) mass is 295 g/mol. The van der Waals surface area contributed by atoms with Crippen LogP contribution in [0, 0.1) is 11.8 Å². The van der Waals surface area contributed by atoms with Gasteiger partial charge < -0.3 is 10.6 Å². The summed E-state index contributed by atoms with van der Waals surface area (Å²) in [6.45, 7) is 4.86. The van der Waals surface area contributed by atoms with Gasteiger partial charge in [0.1, 0.15) is 0 Å². The van der Waals surface area contributed by atoms with Crippen LogP contribution >= 0.6 is 0 Å². The number of imide groups is 1. The Morgan fingerprint density at radius 2 is 1.90 bits per heavy atom. The predicted octanol–water partition coefficient (Wildman–Crippen LogP) is 0.277. The summed E-state index contributed by atoms with van der Waals surface area (Å²) in [4.78, 5) is 36.0. The second-order valence-corrected chi connectivity index (χ2v) is 6.06. The van der Waals surface area contributed by atoms with Crippen molar-refractivity contribution >= 4 is 17.7 Å². The van der Waals surface area contributed by atoms with Crippen LogP contribution in [0.15, 0.2) is 0 Å². The molecular weight excluding hydrogens is 270 g/mol. The third-order valence-corrected chi connectivity index (χ3v) is 4.51. The summed E-state index contributed by atoms with van der Waals surface area (Å²) in [7, 11) is 0. The van der Waals surface area contributed by atoms with Crippen molar-refractivity contribution in [3.05, 3.63) is 0 Å². The Morgan fingerprint density at radius 3 is 2.52 bits per heavy atom. The van der Waals surface area contributed by atoms with Crippen LogP contribution in [0.2, 0.25) is 0 Å². The summed E-state index contributed by atoms with van der Waals surface area (Å²) in [6, 6.07) is 0. The van der Waals surface area contributed by atoms with Crippen LogP contribution in [0.3, 0.4) is 0 Å². The largest absolute Gasteiger partial charge is 0.354 e. The van der Waals surface area contributed by atoms with E-state index in [-0.39, 0.29) is 17.7 Å². The molecule has 0 bridgehead atoms. The Bertz CT molecular complexity index is 389. The van der Waals surface area contributed by atoms with E-state index in [1.54, 1.807) is 0 Å². The molecule has 118 valence electrons. The Labute approximate surface area is 125 Å². The lowest BCUT2D eigenvalue weighted by atomic mass is 9.84. The van der Waals surface area contributed by atoms with Gasteiger partial charge in [-0.3, -0.25) is 19.3 Å². The van der Waals surface area contributed by atoms with E-state index in [9.17, 15) is 14.4 Å². The number of carbonyl (C=O) groups excluding carboxylic acids is 3. The molecule has 2 saturated heterocycles. The molecule has 0 aromatic carbocycles. The fourth-order valence-corrected chi connectivity index (χ4v) is 3.12. The lowest BCUT2D eigenvalue weighted by Crippen LogP contribution is -2.38. The average Bonchev–Trinajstić information content (AvgIpc) is 2.80. The predicted molar refractivity (Wildman–Crippen MR) is 78.3 cm³/mol. The van der Waals surface area contributed by atoms with Crippen molar-refractivity contribution in [3.63, 3.8) is 0 Å². The summed E-state index contributed by atoms with van der Waals surface area (Å²) in [5.74, 6) is 0.746. The molecule has 0 aliphatic carbocycles. The second-order valence-electron chi connectivity index (χ2n) is 6.06. The normalized spacial score (nSPS) is 21.7. The molecular formula is C15H25N3O3. The SMILES string of the molecule is CC(CC(=O)NCCN1C(=O)CCC1=O)C1CCNCC1. The lowest BCUT2D eigenvalue weighted by Gasteiger charge is -2.28. The van der Waals surface area contributed by atoms with E-state index in [0.717, 1.165) is 25.9 Å². The van der Waals surface area contributed by atoms with Gasteiger partial charge in [0.15, 0.2) is 0 Å². The van der Waals surface area contributed by atoms with E-state index in [1.165, 1.54) is 4.90 Å². The topological polar surface area (TPSA) is 78.5 Å². The van der Waals surface area contributed by atoms with Crippen molar-refractivity contribution in [2.45, 2.75) is 39.0 Å². The number of hydrogen-bond donors (Lipinski definition) is 2. The first kappa shape index (κ1) is 15.9. The van der Waals surface area contributed by atoms with E-state index in [4.69, 9.17) is 0 Å². The number of carbonyl (C=O) groups is 3. The molecule has 2 aliphatic heterocycles. The van der Waals surface area contributed by atoms with E-state index in [2.05, 4.69) is 17.6 Å². The molecule has 2 aliphatic rings. The fourth-order valence-electron chi connectivity index (χ4n) is 3.12. The minimum absolute atomic E-state index is 0.0140. The van der Waals surface area contributed by atoms with E-state index in [1.807, 2.05) is 0 Å². The summed E-state index contributed by atoms with van der Waals surface area (Å²) < 4.78 is 0. The van der Waals surface area contributed by atoms with Gasteiger partial charge in [-0.05, 0) is 37.8 Å². The van der Waals surface area contributed by atoms with Crippen LogP contribution in [-0.2, 0) is 14.4 Å². The molecule has 2 N–H and O–H groups in total. The van der Waals surface area contributed by atoms with Crippen LogP contribution in [0.5, 0.6) is 0 Å². The Morgan fingerprint density at radius 1 is 1.29 bits per heavy atom. The van der Waals surface area contributed by atoms with Crippen LogP contribution in [0.1, 0.15) is 39.0 Å². The molecule has 2 heterocycles. The molecule has 0 aromatic heterocycles. The summed E-state index contributed by atoms with van der Waals surface area (Å²) in [6.07, 6.45) is 3.39. The Hall–Kier alpha value is -1.43. The van der Waals surface area contributed by atoms with Gasteiger partial charge in [0, 0.05) is 32.4 Å². The van der Waals surface area contributed by atoms with Gasteiger partial charge in [0.2, 0.25) is 17.7 Å². The minimum Gasteiger partial charge on any atom is -0.354 e. The molecule has 21 heavy (non-hydrogen) atoms. The standard InChI is InChI=1S/C15H25N3O3/c1-11(12-4-6-16-7-5-12)10-13(19)17-8-9-18-14(20)2-3-15(18)21/h11-12,16H,2-10H2,1H3,(H,17,19). The maximum Gasteiger partial charge on any atom is 0.229 e. The van der Waals surface area contributed by atoms with Gasteiger partial charge in [-0.1, -0.05) is 6.92 Å². The molecule has 6 nitrogen and oxygen atoms in total. The Kier molecular flexibility index (Phi) is 5.73. The van der Waals surface area contributed by atoms with Crippen molar-refractivity contribution in [3.8, 4) is 0 Å². The zero-order valence-corrected chi connectivity index (χ0v) is 12.7. The van der Waals surface area contributed by atoms with Gasteiger partial charge in [0.25, 0.3) is 0 Å². The summed E-state index contributed by atoms with van der Waals surface area (Å²) >= 11 is 0. The molecule has 2 rings (SSSR count). The number of amides is 3. The van der Waals surface area contributed by atoms with Gasteiger partial charge in [0.05, 0.1) is 0 Å². The smallest absolute Gasteiger partial charge is 0.229 e. The highest BCUT2D eigenvalue weighted by atomic mass is 16.2.